The van der Waals surface area contributed by atoms with E-state index in [4.69, 9.17) is 4.74 Å². The first-order chi connectivity index (χ1) is 10.6. The molecule has 0 unspecified atom stereocenters. The average Bonchev–Trinajstić information content (AvgIpc) is 2.51. The van der Waals surface area contributed by atoms with Crippen LogP contribution < -0.4 is 15.4 Å². The number of carbonyl (C=O) groups is 1. The molecule has 0 aromatic heterocycles. The molecule has 2 rings (SSSR count). The smallest absolute Gasteiger partial charge is 0.243 e. The van der Waals surface area contributed by atoms with Crippen molar-refractivity contribution in [3.63, 3.8) is 0 Å². The molecule has 0 atom stereocenters. The Bertz CT molecular complexity index is 645. The minimum Gasteiger partial charge on any atom is -0.494 e. The summed E-state index contributed by atoms with van der Waals surface area (Å²) in [4.78, 5) is 11.7. The number of carbonyl (C=O) groups excluding carboxylic acids is 1. The second-order valence-electron chi connectivity index (χ2n) is 4.48. The van der Waals surface area contributed by atoms with Crippen LogP contribution in [0.1, 0.15) is 6.92 Å². The summed E-state index contributed by atoms with van der Waals surface area (Å²) in [6.45, 7) is 2.40. The predicted octanol–water partition coefficient (Wildman–Crippen LogP) is 3.41. The number of anilines is 2. The van der Waals surface area contributed by atoms with Crippen molar-refractivity contribution in [2.75, 3.05) is 23.8 Å². The largest absolute Gasteiger partial charge is 0.494 e. The van der Waals surface area contributed by atoms with E-state index in [0.29, 0.717) is 6.61 Å². The first-order valence-electron chi connectivity index (χ1n) is 6.80. The molecule has 116 valence electrons. The Balaban J connectivity index is 1.88. The van der Waals surface area contributed by atoms with Crippen LogP contribution in [-0.4, -0.2) is 19.1 Å². The summed E-state index contributed by atoms with van der Waals surface area (Å²) in [5.41, 5.74) is 0.539. The van der Waals surface area contributed by atoms with Gasteiger partial charge in [0, 0.05) is 11.8 Å². The van der Waals surface area contributed by atoms with Crippen LogP contribution in [0.3, 0.4) is 0 Å². The summed E-state index contributed by atoms with van der Waals surface area (Å²) in [6.07, 6.45) is 0. The molecular formula is C16H16F2N2O2. The zero-order valence-electron chi connectivity index (χ0n) is 12.0. The molecule has 0 aliphatic rings. The van der Waals surface area contributed by atoms with Crippen LogP contribution in [0.4, 0.5) is 20.2 Å². The van der Waals surface area contributed by atoms with E-state index in [1.54, 1.807) is 24.3 Å². The van der Waals surface area contributed by atoms with Gasteiger partial charge in [-0.3, -0.25) is 4.79 Å². The van der Waals surface area contributed by atoms with Crippen LogP contribution in [0.2, 0.25) is 0 Å². The molecule has 2 N–H and O–H groups in total. The van der Waals surface area contributed by atoms with Crippen LogP contribution in [-0.2, 0) is 4.79 Å². The Morgan fingerprint density at radius 1 is 1.14 bits per heavy atom. The Morgan fingerprint density at radius 2 is 1.86 bits per heavy atom. The maximum Gasteiger partial charge on any atom is 0.243 e. The van der Waals surface area contributed by atoms with E-state index in [1.165, 1.54) is 0 Å². The zero-order chi connectivity index (χ0) is 15.9. The van der Waals surface area contributed by atoms with Crippen LogP contribution in [0.25, 0.3) is 0 Å². The fourth-order valence-electron chi connectivity index (χ4n) is 1.81. The Morgan fingerprint density at radius 3 is 2.55 bits per heavy atom. The summed E-state index contributed by atoms with van der Waals surface area (Å²) in [7, 11) is 0. The fourth-order valence-corrected chi connectivity index (χ4v) is 1.81. The van der Waals surface area contributed by atoms with Gasteiger partial charge >= 0.3 is 0 Å². The third-order valence-electron chi connectivity index (χ3n) is 2.82. The van der Waals surface area contributed by atoms with Crippen molar-refractivity contribution < 1.29 is 18.3 Å². The second kappa shape index (κ2) is 7.40. The van der Waals surface area contributed by atoms with E-state index < -0.39 is 17.5 Å². The first-order valence-corrected chi connectivity index (χ1v) is 6.80. The van der Waals surface area contributed by atoms with Gasteiger partial charge in [-0.1, -0.05) is 0 Å². The highest BCUT2D eigenvalue weighted by molar-refractivity contribution is 5.93. The summed E-state index contributed by atoms with van der Waals surface area (Å²) in [5.74, 6) is -1.04. The normalized spacial score (nSPS) is 10.1. The number of amides is 1. The van der Waals surface area contributed by atoms with Gasteiger partial charge in [0.2, 0.25) is 5.91 Å². The Kier molecular flexibility index (Phi) is 5.30. The van der Waals surface area contributed by atoms with Gasteiger partial charge < -0.3 is 15.4 Å². The molecule has 0 aliphatic carbocycles. The molecule has 0 aliphatic heterocycles. The lowest BCUT2D eigenvalue weighted by Gasteiger charge is -2.09. The molecule has 6 heteroatoms. The highest BCUT2D eigenvalue weighted by Crippen LogP contribution is 2.16. The number of nitrogens with one attached hydrogen (secondary N) is 2. The highest BCUT2D eigenvalue weighted by Gasteiger charge is 2.08. The standard InChI is InChI=1S/C16H16F2N2O2/c1-2-22-13-6-4-12(5-7-13)19-10-16(21)20-15-9-11(17)3-8-14(15)18/h3-9,19H,2,10H2,1H3,(H,20,21). The van der Waals surface area contributed by atoms with Crippen molar-refractivity contribution >= 4 is 17.3 Å². The summed E-state index contributed by atoms with van der Waals surface area (Å²) >= 11 is 0. The van der Waals surface area contributed by atoms with Crippen molar-refractivity contribution in [1.82, 2.24) is 0 Å². The third-order valence-corrected chi connectivity index (χ3v) is 2.82. The van der Waals surface area contributed by atoms with Crippen molar-refractivity contribution in [1.29, 1.82) is 0 Å². The predicted molar refractivity (Wildman–Crippen MR) is 81.1 cm³/mol. The highest BCUT2D eigenvalue weighted by atomic mass is 19.1. The molecule has 0 radical (unpaired) electrons. The summed E-state index contributed by atoms with van der Waals surface area (Å²) < 4.78 is 31.7. The maximum absolute atomic E-state index is 13.4. The molecule has 0 spiro atoms. The molecule has 22 heavy (non-hydrogen) atoms. The van der Waals surface area contributed by atoms with E-state index in [0.717, 1.165) is 29.6 Å². The molecular weight excluding hydrogens is 290 g/mol. The monoisotopic (exact) mass is 306 g/mol. The number of rotatable bonds is 6. The van der Waals surface area contributed by atoms with Crippen molar-refractivity contribution in [3.8, 4) is 5.75 Å². The van der Waals surface area contributed by atoms with Crippen LogP contribution in [0.5, 0.6) is 5.75 Å². The van der Waals surface area contributed by atoms with E-state index in [1.807, 2.05) is 6.92 Å². The molecule has 0 fully saturated rings. The van der Waals surface area contributed by atoms with Gasteiger partial charge in [-0.2, -0.15) is 0 Å². The third kappa shape index (κ3) is 4.44. The topological polar surface area (TPSA) is 50.4 Å². The number of hydrogen-bond donors (Lipinski definition) is 2. The zero-order valence-corrected chi connectivity index (χ0v) is 12.0. The van der Waals surface area contributed by atoms with Crippen LogP contribution in [0, 0.1) is 11.6 Å². The number of halogens is 2. The number of ether oxygens (including phenoxy) is 1. The van der Waals surface area contributed by atoms with Crippen LogP contribution >= 0.6 is 0 Å². The van der Waals surface area contributed by atoms with Crippen molar-refractivity contribution in [2.24, 2.45) is 0 Å². The van der Waals surface area contributed by atoms with E-state index >= 15 is 0 Å². The van der Waals surface area contributed by atoms with Gasteiger partial charge in [-0.25, -0.2) is 8.78 Å². The summed E-state index contributed by atoms with van der Waals surface area (Å²) in [6, 6.07) is 9.96. The molecule has 1 amide bonds. The van der Waals surface area contributed by atoms with Gasteiger partial charge in [-0.15, -0.1) is 0 Å². The fraction of sp³-hybridized carbons (Fsp3) is 0.188. The van der Waals surface area contributed by atoms with Gasteiger partial charge in [0.1, 0.15) is 17.4 Å². The van der Waals surface area contributed by atoms with E-state index in [9.17, 15) is 13.6 Å². The molecule has 2 aromatic rings. The average molecular weight is 306 g/mol. The van der Waals surface area contributed by atoms with E-state index in [-0.39, 0.29) is 12.2 Å². The second-order valence-corrected chi connectivity index (χ2v) is 4.48. The van der Waals surface area contributed by atoms with Gasteiger partial charge in [-0.05, 0) is 43.3 Å². The molecule has 0 saturated carbocycles. The van der Waals surface area contributed by atoms with Gasteiger partial charge in [0.15, 0.2) is 0 Å². The van der Waals surface area contributed by atoms with Crippen molar-refractivity contribution in [2.45, 2.75) is 6.92 Å². The minimum atomic E-state index is -0.684. The first kappa shape index (κ1) is 15.8. The summed E-state index contributed by atoms with van der Waals surface area (Å²) in [5, 5.41) is 5.20. The van der Waals surface area contributed by atoms with Gasteiger partial charge in [0.25, 0.3) is 0 Å². The van der Waals surface area contributed by atoms with Crippen molar-refractivity contribution in [3.05, 3.63) is 54.1 Å². The molecule has 0 bridgehead atoms. The lowest BCUT2D eigenvalue weighted by Crippen LogP contribution is -2.22. The molecule has 4 nitrogen and oxygen atoms in total. The number of benzene rings is 2. The molecule has 0 heterocycles. The Hall–Kier alpha value is -2.63. The quantitative estimate of drug-likeness (QED) is 0.860. The lowest BCUT2D eigenvalue weighted by atomic mass is 10.3. The molecule has 2 aromatic carbocycles. The van der Waals surface area contributed by atoms with E-state index in [2.05, 4.69) is 10.6 Å². The molecule has 0 saturated heterocycles. The SMILES string of the molecule is CCOc1ccc(NCC(=O)Nc2cc(F)ccc2F)cc1. The number of hydrogen-bond acceptors (Lipinski definition) is 3. The lowest BCUT2D eigenvalue weighted by molar-refractivity contribution is -0.114. The Labute approximate surface area is 127 Å². The van der Waals surface area contributed by atoms with Crippen LogP contribution in [0.15, 0.2) is 42.5 Å². The maximum atomic E-state index is 13.4. The van der Waals surface area contributed by atoms with Gasteiger partial charge in [0.05, 0.1) is 18.8 Å². The minimum absolute atomic E-state index is 0.0655.